The molecule has 7 heteroatoms. The van der Waals surface area contributed by atoms with E-state index in [9.17, 15) is 14.0 Å². The second kappa shape index (κ2) is 8.43. The Kier molecular flexibility index (Phi) is 6.54. The summed E-state index contributed by atoms with van der Waals surface area (Å²) in [5.74, 6) is -1.13. The number of nitrogens with zero attached hydrogens (tertiary/aromatic N) is 2. The van der Waals surface area contributed by atoms with Gasteiger partial charge < -0.3 is 5.32 Å². The molecule has 0 saturated heterocycles. The van der Waals surface area contributed by atoms with Crippen LogP contribution in [0.4, 0.5) is 4.39 Å². The van der Waals surface area contributed by atoms with Crippen LogP contribution in [0.25, 0.3) is 0 Å². The summed E-state index contributed by atoms with van der Waals surface area (Å²) >= 11 is 0. The van der Waals surface area contributed by atoms with Gasteiger partial charge in [-0.25, -0.2) is 9.82 Å². The van der Waals surface area contributed by atoms with Crippen molar-refractivity contribution in [2.24, 2.45) is 5.10 Å². The quantitative estimate of drug-likeness (QED) is 0.609. The monoisotopic (exact) mass is 290 g/mol. The number of carbonyl (C=O) groups excluding carboxylic acids is 2. The average molecular weight is 290 g/mol. The summed E-state index contributed by atoms with van der Waals surface area (Å²) in [6, 6.07) is 7.49. The lowest BCUT2D eigenvalue weighted by molar-refractivity contribution is -0.121. The lowest BCUT2D eigenvalue weighted by Crippen LogP contribution is -2.26. The minimum Gasteiger partial charge on any atom is -0.352 e. The molecule has 0 unspecified atom stereocenters. The second-order valence-electron chi connectivity index (χ2n) is 4.30. The van der Waals surface area contributed by atoms with E-state index in [1.54, 1.807) is 25.1 Å². The van der Waals surface area contributed by atoms with E-state index in [0.29, 0.717) is 5.71 Å². The third-order valence-corrected chi connectivity index (χ3v) is 2.43. The molecule has 2 N–H and O–H groups in total. The van der Waals surface area contributed by atoms with Gasteiger partial charge in [0, 0.05) is 12.3 Å². The lowest BCUT2D eigenvalue weighted by atomic mass is 10.2. The van der Waals surface area contributed by atoms with Crippen molar-refractivity contribution in [3.05, 3.63) is 35.6 Å². The molecule has 0 atom stereocenters. The molecule has 2 amide bonds. The molecule has 0 bridgehead atoms. The van der Waals surface area contributed by atoms with Crippen LogP contribution in [-0.2, 0) is 16.1 Å². The molecule has 0 spiro atoms. The van der Waals surface area contributed by atoms with Crippen LogP contribution in [0.2, 0.25) is 0 Å². The van der Waals surface area contributed by atoms with Crippen molar-refractivity contribution >= 4 is 17.5 Å². The van der Waals surface area contributed by atoms with Crippen LogP contribution in [0.15, 0.2) is 29.4 Å². The maximum atomic E-state index is 12.7. The number of halogens is 1. The highest BCUT2D eigenvalue weighted by Gasteiger charge is 2.05. The first-order chi connectivity index (χ1) is 10.0. The summed E-state index contributed by atoms with van der Waals surface area (Å²) in [6.07, 6.45) is -0.262. The third kappa shape index (κ3) is 6.82. The molecule has 1 aromatic carbocycles. The fourth-order valence-electron chi connectivity index (χ4n) is 1.41. The predicted molar refractivity (Wildman–Crippen MR) is 74.3 cm³/mol. The number of nitriles is 1. The van der Waals surface area contributed by atoms with Crippen molar-refractivity contribution in [2.45, 2.75) is 26.3 Å². The number of rotatable bonds is 6. The highest BCUT2D eigenvalue weighted by atomic mass is 19.1. The maximum Gasteiger partial charge on any atom is 0.254 e. The van der Waals surface area contributed by atoms with Gasteiger partial charge in [0.2, 0.25) is 5.91 Å². The minimum absolute atomic E-state index is 0.0219. The second-order valence-corrected chi connectivity index (χ2v) is 4.30. The number of hydrogen-bond donors (Lipinski definition) is 2. The molecular formula is C14H15FN4O2. The highest BCUT2D eigenvalue weighted by Crippen LogP contribution is 2.02. The minimum atomic E-state index is -0.524. The Hall–Kier alpha value is -2.75. The van der Waals surface area contributed by atoms with Crippen LogP contribution in [0, 0.1) is 17.1 Å². The van der Waals surface area contributed by atoms with Crippen molar-refractivity contribution in [1.82, 2.24) is 10.7 Å². The fourth-order valence-corrected chi connectivity index (χ4v) is 1.41. The SMILES string of the molecule is C/C(CC(=O)NCc1ccc(F)cc1)=N/NC(=O)CC#N. The molecule has 1 rings (SSSR count). The Labute approximate surface area is 121 Å². The molecule has 110 valence electrons. The van der Waals surface area contributed by atoms with Gasteiger partial charge in [-0.05, 0) is 24.6 Å². The Morgan fingerprint density at radius 3 is 2.57 bits per heavy atom. The van der Waals surface area contributed by atoms with Crippen molar-refractivity contribution in [2.75, 3.05) is 0 Å². The summed E-state index contributed by atoms with van der Waals surface area (Å²) in [7, 11) is 0. The summed E-state index contributed by atoms with van der Waals surface area (Å²) in [5, 5.41) is 14.7. The number of amides is 2. The van der Waals surface area contributed by atoms with Crippen LogP contribution in [0.1, 0.15) is 25.3 Å². The zero-order valence-corrected chi connectivity index (χ0v) is 11.5. The van der Waals surface area contributed by atoms with Crippen LogP contribution in [-0.4, -0.2) is 17.5 Å². The van der Waals surface area contributed by atoms with Gasteiger partial charge in [0.25, 0.3) is 5.91 Å². The number of hydrazone groups is 1. The van der Waals surface area contributed by atoms with Crippen LogP contribution in [0.3, 0.4) is 0 Å². The summed E-state index contributed by atoms with van der Waals surface area (Å²) in [6.45, 7) is 1.87. The van der Waals surface area contributed by atoms with E-state index >= 15 is 0 Å². The van der Waals surface area contributed by atoms with Gasteiger partial charge in [-0.3, -0.25) is 9.59 Å². The van der Waals surface area contributed by atoms with E-state index in [1.165, 1.54) is 12.1 Å². The highest BCUT2D eigenvalue weighted by molar-refractivity contribution is 6.00. The van der Waals surface area contributed by atoms with E-state index in [0.717, 1.165) is 5.56 Å². The first-order valence-corrected chi connectivity index (χ1v) is 6.21. The van der Waals surface area contributed by atoms with Gasteiger partial charge in [-0.2, -0.15) is 10.4 Å². The molecule has 6 nitrogen and oxygen atoms in total. The first kappa shape index (κ1) is 16.3. The molecule has 0 aromatic heterocycles. The molecule has 0 aliphatic rings. The van der Waals surface area contributed by atoms with Crippen LogP contribution < -0.4 is 10.7 Å². The van der Waals surface area contributed by atoms with Crippen molar-refractivity contribution < 1.29 is 14.0 Å². The lowest BCUT2D eigenvalue weighted by Gasteiger charge is -2.05. The predicted octanol–water partition coefficient (Wildman–Crippen LogP) is 1.24. The van der Waals surface area contributed by atoms with Gasteiger partial charge in [0.05, 0.1) is 12.5 Å². The number of benzene rings is 1. The smallest absolute Gasteiger partial charge is 0.254 e. The third-order valence-electron chi connectivity index (χ3n) is 2.43. The van der Waals surface area contributed by atoms with Crippen molar-refractivity contribution in [1.29, 1.82) is 5.26 Å². The zero-order chi connectivity index (χ0) is 15.7. The molecule has 0 heterocycles. The molecule has 0 aliphatic carbocycles. The van der Waals surface area contributed by atoms with Gasteiger partial charge in [0.1, 0.15) is 12.2 Å². The zero-order valence-electron chi connectivity index (χ0n) is 11.5. The molecule has 21 heavy (non-hydrogen) atoms. The molecule has 0 aliphatic heterocycles. The van der Waals surface area contributed by atoms with Crippen LogP contribution in [0.5, 0.6) is 0 Å². The van der Waals surface area contributed by atoms with Crippen LogP contribution >= 0.6 is 0 Å². The molecule has 0 radical (unpaired) electrons. The van der Waals surface area contributed by atoms with Crippen molar-refractivity contribution in [3.8, 4) is 6.07 Å². The van der Waals surface area contributed by atoms with E-state index in [2.05, 4.69) is 15.8 Å². The fraction of sp³-hybridized carbons (Fsp3) is 0.286. The van der Waals surface area contributed by atoms with E-state index in [-0.39, 0.29) is 31.1 Å². The topological polar surface area (TPSA) is 94.3 Å². The van der Waals surface area contributed by atoms with Crippen molar-refractivity contribution in [3.63, 3.8) is 0 Å². The molecule has 1 aromatic rings. The van der Waals surface area contributed by atoms with Gasteiger partial charge in [-0.1, -0.05) is 12.1 Å². The number of nitrogens with one attached hydrogen (secondary N) is 2. The van der Waals surface area contributed by atoms with E-state index in [4.69, 9.17) is 5.26 Å². The Morgan fingerprint density at radius 1 is 1.29 bits per heavy atom. The van der Waals surface area contributed by atoms with E-state index in [1.807, 2.05) is 0 Å². The Balaban J connectivity index is 2.36. The summed E-state index contributed by atoms with van der Waals surface area (Å²) in [5.41, 5.74) is 3.37. The van der Waals surface area contributed by atoms with Gasteiger partial charge in [0.15, 0.2) is 0 Å². The Morgan fingerprint density at radius 2 is 1.95 bits per heavy atom. The largest absolute Gasteiger partial charge is 0.352 e. The molecule has 0 saturated carbocycles. The van der Waals surface area contributed by atoms with E-state index < -0.39 is 5.91 Å². The summed E-state index contributed by atoms with van der Waals surface area (Å²) < 4.78 is 12.7. The maximum absolute atomic E-state index is 12.7. The Bertz CT molecular complexity index is 576. The van der Waals surface area contributed by atoms with Gasteiger partial charge >= 0.3 is 0 Å². The molecular weight excluding hydrogens is 275 g/mol. The number of carbonyl (C=O) groups is 2. The number of hydrogen-bond acceptors (Lipinski definition) is 4. The normalized spacial score (nSPS) is 10.6. The standard InChI is InChI=1S/C14H15FN4O2/c1-10(18-19-13(20)6-7-16)8-14(21)17-9-11-2-4-12(15)5-3-11/h2-5H,6,8-9H2,1H3,(H,17,21)(H,19,20)/b18-10-. The molecule has 0 fully saturated rings. The average Bonchev–Trinajstić information content (AvgIpc) is 2.45. The summed E-state index contributed by atoms with van der Waals surface area (Å²) in [4.78, 5) is 22.6. The van der Waals surface area contributed by atoms with Gasteiger partial charge in [-0.15, -0.1) is 0 Å². The first-order valence-electron chi connectivity index (χ1n) is 6.21.